The van der Waals surface area contributed by atoms with Gasteiger partial charge in [-0.3, -0.25) is 14.9 Å². The number of hydrogen-bond donors (Lipinski definition) is 2. The van der Waals surface area contributed by atoms with Crippen LogP contribution in [-0.4, -0.2) is 56.1 Å². The van der Waals surface area contributed by atoms with Gasteiger partial charge >= 0.3 is 0 Å². The zero-order valence-electron chi connectivity index (χ0n) is 12.2. The summed E-state index contributed by atoms with van der Waals surface area (Å²) < 4.78 is 4.97. The third-order valence-electron chi connectivity index (χ3n) is 2.97. The topological polar surface area (TPSA) is 111 Å². The van der Waals surface area contributed by atoms with E-state index in [0.717, 1.165) is 6.54 Å². The molecule has 1 aromatic rings. The number of carbonyl (C=O) groups excluding carboxylic acids is 1. The van der Waals surface area contributed by atoms with Gasteiger partial charge in [0.15, 0.2) is 0 Å². The standard InChI is InChI=1S/C13H20N4O4/c1-16(7-8-21-2)6-5-15-11-4-3-10(13(14)18)9-12(11)17(19)20/h3-4,9,15H,5-8H2,1-2H3,(H2,14,18). The van der Waals surface area contributed by atoms with Crippen LogP contribution in [0.15, 0.2) is 18.2 Å². The van der Waals surface area contributed by atoms with Crippen molar-refractivity contribution in [2.45, 2.75) is 0 Å². The van der Waals surface area contributed by atoms with Gasteiger partial charge in [0.2, 0.25) is 5.91 Å². The highest BCUT2D eigenvalue weighted by atomic mass is 16.6. The molecule has 0 aromatic heterocycles. The molecule has 0 spiro atoms. The summed E-state index contributed by atoms with van der Waals surface area (Å²) in [5.74, 6) is -0.691. The quantitative estimate of drug-likeness (QED) is 0.512. The summed E-state index contributed by atoms with van der Waals surface area (Å²) in [4.78, 5) is 23.6. The van der Waals surface area contributed by atoms with Crippen LogP contribution in [0.2, 0.25) is 0 Å². The minimum atomic E-state index is -0.691. The van der Waals surface area contributed by atoms with Crippen LogP contribution in [0.1, 0.15) is 10.4 Å². The van der Waals surface area contributed by atoms with Gasteiger partial charge in [-0.25, -0.2) is 0 Å². The van der Waals surface area contributed by atoms with Crippen molar-refractivity contribution in [1.29, 1.82) is 0 Å². The third-order valence-corrected chi connectivity index (χ3v) is 2.97. The second kappa shape index (κ2) is 8.18. The molecule has 0 radical (unpaired) electrons. The van der Waals surface area contributed by atoms with Gasteiger partial charge in [0, 0.05) is 38.4 Å². The van der Waals surface area contributed by atoms with E-state index in [4.69, 9.17) is 10.5 Å². The lowest BCUT2D eigenvalue weighted by atomic mass is 10.1. The molecule has 1 amide bonds. The Morgan fingerprint density at radius 2 is 2.19 bits per heavy atom. The summed E-state index contributed by atoms with van der Waals surface area (Å²) >= 11 is 0. The molecular formula is C13H20N4O4. The smallest absolute Gasteiger partial charge is 0.293 e. The van der Waals surface area contributed by atoms with Crippen molar-refractivity contribution in [3.8, 4) is 0 Å². The first-order chi connectivity index (χ1) is 9.95. The van der Waals surface area contributed by atoms with Crippen molar-refractivity contribution in [3.63, 3.8) is 0 Å². The van der Waals surface area contributed by atoms with Crippen LogP contribution in [0.4, 0.5) is 11.4 Å². The molecule has 0 fully saturated rings. The molecule has 0 aliphatic carbocycles. The summed E-state index contributed by atoms with van der Waals surface area (Å²) in [5.41, 5.74) is 5.44. The third kappa shape index (κ3) is 5.36. The second-order valence-electron chi connectivity index (χ2n) is 4.58. The van der Waals surface area contributed by atoms with E-state index in [9.17, 15) is 14.9 Å². The van der Waals surface area contributed by atoms with Crippen molar-refractivity contribution in [2.75, 3.05) is 45.7 Å². The van der Waals surface area contributed by atoms with Crippen LogP contribution < -0.4 is 11.1 Å². The Bertz CT molecular complexity index is 507. The molecule has 116 valence electrons. The maximum Gasteiger partial charge on any atom is 0.293 e. The number of nitro groups is 1. The minimum Gasteiger partial charge on any atom is -0.383 e. The minimum absolute atomic E-state index is 0.115. The number of hydrogen-bond acceptors (Lipinski definition) is 6. The molecular weight excluding hydrogens is 276 g/mol. The van der Waals surface area contributed by atoms with Crippen LogP contribution in [0, 0.1) is 10.1 Å². The van der Waals surface area contributed by atoms with Gasteiger partial charge in [0.1, 0.15) is 5.69 Å². The Kier molecular flexibility index (Phi) is 6.57. The number of nitrogens with zero attached hydrogens (tertiary/aromatic N) is 2. The van der Waals surface area contributed by atoms with E-state index in [1.165, 1.54) is 18.2 Å². The van der Waals surface area contributed by atoms with Gasteiger partial charge in [0.25, 0.3) is 5.69 Å². The first kappa shape index (κ1) is 16.9. The molecule has 8 nitrogen and oxygen atoms in total. The zero-order chi connectivity index (χ0) is 15.8. The largest absolute Gasteiger partial charge is 0.383 e. The number of benzene rings is 1. The molecule has 0 heterocycles. The Balaban J connectivity index is 2.66. The average Bonchev–Trinajstić information content (AvgIpc) is 2.44. The number of anilines is 1. The molecule has 0 unspecified atom stereocenters. The molecule has 3 N–H and O–H groups in total. The fraction of sp³-hybridized carbons (Fsp3) is 0.462. The van der Waals surface area contributed by atoms with Crippen LogP contribution >= 0.6 is 0 Å². The van der Waals surface area contributed by atoms with Crippen LogP contribution in [0.5, 0.6) is 0 Å². The average molecular weight is 296 g/mol. The highest BCUT2D eigenvalue weighted by molar-refractivity contribution is 5.94. The van der Waals surface area contributed by atoms with E-state index in [-0.39, 0.29) is 11.3 Å². The van der Waals surface area contributed by atoms with E-state index >= 15 is 0 Å². The van der Waals surface area contributed by atoms with Crippen LogP contribution in [0.25, 0.3) is 0 Å². The molecule has 0 aliphatic rings. The molecule has 1 aromatic carbocycles. The number of methoxy groups -OCH3 is 1. The SMILES string of the molecule is COCCN(C)CCNc1ccc(C(N)=O)cc1[N+](=O)[O-]. The molecule has 21 heavy (non-hydrogen) atoms. The van der Waals surface area contributed by atoms with E-state index < -0.39 is 10.8 Å². The van der Waals surface area contributed by atoms with E-state index in [0.29, 0.717) is 25.4 Å². The molecule has 8 heteroatoms. The normalized spacial score (nSPS) is 10.6. The summed E-state index contributed by atoms with van der Waals surface area (Å²) in [6, 6.07) is 4.14. The number of carbonyl (C=O) groups is 1. The second-order valence-corrected chi connectivity index (χ2v) is 4.58. The van der Waals surface area contributed by atoms with E-state index in [2.05, 4.69) is 5.32 Å². The lowest BCUT2D eigenvalue weighted by Gasteiger charge is -2.16. The van der Waals surface area contributed by atoms with Gasteiger partial charge in [0.05, 0.1) is 11.5 Å². The first-order valence-electron chi connectivity index (χ1n) is 6.45. The number of amides is 1. The first-order valence-corrected chi connectivity index (χ1v) is 6.45. The van der Waals surface area contributed by atoms with Crippen molar-refractivity contribution in [2.24, 2.45) is 5.73 Å². The van der Waals surface area contributed by atoms with Crippen LogP contribution in [0.3, 0.4) is 0 Å². The zero-order valence-corrected chi connectivity index (χ0v) is 12.2. The van der Waals surface area contributed by atoms with Crippen LogP contribution in [-0.2, 0) is 4.74 Å². The fourth-order valence-corrected chi connectivity index (χ4v) is 1.73. The highest BCUT2D eigenvalue weighted by Crippen LogP contribution is 2.25. The summed E-state index contributed by atoms with van der Waals surface area (Å²) in [6.45, 7) is 2.65. The number of primary amides is 1. The van der Waals surface area contributed by atoms with Crippen molar-refractivity contribution in [1.82, 2.24) is 4.90 Å². The summed E-state index contributed by atoms with van der Waals surface area (Å²) in [7, 11) is 3.57. The molecule has 0 bridgehead atoms. The summed E-state index contributed by atoms with van der Waals surface area (Å²) in [6.07, 6.45) is 0. The number of nitro benzene ring substituents is 1. The van der Waals surface area contributed by atoms with Gasteiger partial charge in [-0.1, -0.05) is 0 Å². The molecule has 0 saturated carbocycles. The van der Waals surface area contributed by atoms with Gasteiger partial charge in [-0.2, -0.15) is 0 Å². The number of nitrogens with two attached hydrogens (primary N) is 1. The maximum absolute atomic E-state index is 11.1. The van der Waals surface area contributed by atoms with Crippen molar-refractivity contribution < 1.29 is 14.5 Å². The van der Waals surface area contributed by atoms with Gasteiger partial charge < -0.3 is 20.7 Å². The number of ether oxygens (including phenoxy) is 1. The summed E-state index contributed by atoms with van der Waals surface area (Å²) in [5, 5.41) is 14.0. The predicted molar refractivity (Wildman–Crippen MR) is 79.5 cm³/mol. The predicted octanol–water partition coefficient (Wildman–Crippen LogP) is 0.684. The Hall–Kier alpha value is -2.19. The monoisotopic (exact) mass is 296 g/mol. The molecule has 0 saturated heterocycles. The Labute approximate surface area is 123 Å². The number of rotatable bonds is 9. The Morgan fingerprint density at radius 3 is 2.76 bits per heavy atom. The lowest BCUT2D eigenvalue weighted by Crippen LogP contribution is -2.28. The highest BCUT2D eigenvalue weighted by Gasteiger charge is 2.16. The van der Waals surface area contributed by atoms with Gasteiger partial charge in [-0.15, -0.1) is 0 Å². The maximum atomic E-state index is 11.1. The number of nitrogens with one attached hydrogen (secondary N) is 1. The lowest BCUT2D eigenvalue weighted by molar-refractivity contribution is -0.384. The van der Waals surface area contributed by atoms with E-state index in [1.54, 1.807) is 7.11 Å². The fourth-order valence-electron chi connectivity index (χ4n) is 1.73. The molecule has 0 atom stereocenters. The Morgan fingerprint density at radius 1 is 1.48 bits per heavy atom. The van der Waals surface area contributed by atoms with Gasteiger partial charge in [-0.05, 0) is 19.2 Å². The van der Waals surface area contributed by atoms with Crippen molar-refractivity contribution >= 4 is 17.3 Å². The molecule has 1 rings (SSSR count). The van der Waals surface area contributed by atoms with Crippen molar-refractivity contribution in [3.05, 3.63) is 33.9 Å². The molecule has 0 aliphatic heterocycles. The number of likely N-dealkylation sites (N-methyl/N-ethyl adjacent to an activating group) is 1. The van der Waals surface area contributed by atoms with E-state index in [1.807, 2.05) is 11.9 Å².